The summed E-state index contributed by atoms with van der Waals surface area (Å²) in [5.41, 5.74) is 0.00771. The van der Waals surface area contributed by atoms with E-state index in [9.17, 15) is 10.1 Å². The van der Waals surface area contributed by atoms with Gasteiger partial charge in [-0.25, -0.2) is 0 Å². The smallest absolute Gasteiger partial charge is 0.254 e. The van der Waals surface area contributed by atoms with Gasteiger partial charge in [-0.2, -0.15) is 5.26 Å². The summed E-state index contributed by atoms with van der Waals surface area (Å²) in [4.78, 5) is 14.6. The first-order chi connectivity index (χ1) is 10.1. The number of methoxy groups -OCH3 is 1. The summed E-state index contributed by atoms with van der Waals surface area (Å²) in [5.74, 6) is -0.255. The van der Waals surface area contributed by atoms with Gasteiger partial charge in [0.05, 0.1) is 6.07 Å². The van der Waals surface area contributed by atoms with E-state index in [0.29, 0.717) is 12.8 Å². The fourth-order valence-electron chi connectivity index (χ4n) is 2.59. The third-order valence-electron chi connectivity index (χ3n) is 3.99. The van der Waals surface area contributed by atoms with E-state index in [1.807, 2.05) is 37.4 Å². The van der Waals surface area contributed by atoms with Crippen LogP contribution < -0.4 is 5.32 Å². The highest BCUT2D eigenvalue weighted by Gasteiger charge is 2.37. The number of nitrogens with one attached hydrogen (secondary N) is 1. The van der Waals surface area contributed by atoms with E-state index in [4.69, 9.17) is 4.74 Å². The minimum atomic E-state index is -0.783. The number of carbonyl (C=O) groups is 1. The minimum absolute atomic E-state index is 0.255. The number of likely N-dealkylation sites (tertiary alicyclic amines) is 1. The van der Waals surface area contributed by atoms with Crippen LogP contribution in [0.15, 0.2) is 30.3 Å². The Labute approximate surface area is 125 Å². The lowest BCUT2D eigenvalue weighted by Gasteiger charge is -2.36. The van der Waals surface area contributed by atoms with Crippen molar-refractivity contribution in [3.63, 3.8) is 0 Å². The number of rotatable bonds is 4. The van der Waals surface area contributed by atoms with Gasteiger partial charge in [-0.1, -0.05) is 30.3 Å². The Morgan fingerprint density at radius 3 is 2.52 bits per heavy atom. The van der Waals surface area contributed by atoms with Gasteiger partial charge in [0.1, 0.15) is 5.54 Å². The summed E-state index contributed by atoms with van der Waals surface area (Å²) in [6, 6.07) is 11.6. The molecule has 0 radical (unpaired) electrons. The standard InChI is InChI=1S/C16H21N3O2/c1-19-10-8-16(12-17,9-11-19)18-15(20)14(21-2)13-6-4-3-5-7-13/h3-7,14H,8-11H2,1-2H3,(H,18,20). The van der Waals surface area contributed by atoms with E-state index < -0.39 is 11.6 Å². The lowest BCUT2D eigenvalue weighted by molar-refractivity contribution is -0.133. The van der Waals surface area contributed by atoms with E-state index in [2.05, 4.69) is 16.3 Å². The molecule has 1 aliphatic rings. The molecule has 1 heterocycles. The SMILES string of the molecule is COC(C(=O)NC1(C#N)CCN(C)CC1)c1ccccc1. The molecule has 1 fully saturated rings. The summed E-state index contributed by atoms with van der Waals surface area (Å²) < 4.78 is 5.32. The summed E-state index contributed by atoms with van der Waals surface area (Å²) in [7, 11) is 3.52. The molecule has 1 aromatic carbocycles. The predicted octanol–water partition coefficient (Wildman–Crippen LogP) is 1.48. The minimum Gasteiger partial charge on any atom is -0.367 e. The van der Waals surface area contributed by atoms with Crippen LogP contribution in [-0.4, -0.2) is 43.6 Å². The van der Waals surface area contributed by atoms with Gasteiger partial charge < -0.3 is 15.0 Å². The molecule has 21 heavy (non-hydrogen) atoms. The summed E-state index contributed by atoms with van der Waals surface area (Å²) >= 11 is 0. The summed E-state index contributed by atoms with van der Waals surface area (Å²) in [6.45, 7) is 1.60. The van der Waals surface area contributed by atoms with Crippen LogP contribution in [0.3, 0.4) is 0 Å². The normalized spacial score (nSPS) is 19.5. The van der Waals surface area contributed by atoms with Crippen LogP contribution >= 0.6 is 0 Å². The number of piperidine rings is 1. The Morgan fingerprint density at radius 1 is 1.38 bits per heavy atom. The summed E-state index contributed by atoms with van der Waals surface area (Å²) in [6.07, 6.45) is 0.588. The molecule has 112 valence electrons. The van der Waals surface area contributed by atoms with Gasteiger partial charge in [-0.3, -0.25) is 4.79 Å². The molecule has 0 aliphatic carbocycles. The Balaban J connectivity index is 2.10. The van der Waals surface area contributed by atoms with Gasteiger partial charge in [0.25, 0.3) is 5.91 Å². The quantitative estimate of drug-likeness (QED) is 0.911. The highest BCUT2D eigenvalue weighted by molar-refractivity contribution is 5.83. The average molecular weight is 287 g/mol. The summed E-state index contributed by atoms with van der Waals surface area (Å²) in [5, 5.41) is 12.4. The number of hydrogen-bond donors (Lipinski definition) is 1. The van der Waals surface area contributed by atoms with Crippen LogP contribution in [0.5, 0.6) is 0 Å². The van der Waals surface area contributed by atoms with Crippen molar-refractivity contribution in [1.82, 2.24) is 10.2 Å². The third-order valence-corrected chi connectivity index (χ3v) is 3.99. The molecule has 1 N–H and O–H groups in total. The second-order valence-electron chi connectivity index (χ2n) is 5.51. The average Bonchev–Trinajstić information content (AvgIpc) is 2.52. The first-order valence-corrected chi connectivity index (χ1v) is 7.10. The fraction of sp³-hybridized carbons (Fsp3) is 0.500. The van der Waals surface area contributed by atoms with Crippen LogP contribution in [0.25, 0.3) is 0 Å². The first kappa shape index (κ1) is 15.5. The molecular weight excluding hydrogens is 266 g/mol. The molecule has 0 bridgehead atoms. The van der Waals surface area contributed by atoms with Crippen molar-refractivity contribution in [2.75, 3.05) is 27.2 Å². The van der Waals surface area contributed by atoms with E-state index in [1.54, 1.807) is 0 Å². The molecule has 1 aliphatic heterocycles. The van der Waals surface area contributed by atoms with Crippen molar-refractivity contribution in [2.24, 2.45) is 0 Å². The van der Waals surface area contributed by atoms with Gasteiger partial charge in [-0.05, 0) is 25.5 Å². The van der Waals surface area contributed by atoms with E-state index in [0.717, 1.165) is 18.7 Å². The number of carbonyl (C=O) groups excluding carboxylic acids is 1. The Hall–Kier alpha value is -1.90. The second-order valence-corrected chi connectivity index (χ2v) is 5.51. The molecule has 5 nitrogen and oxygen atoms in total. The van der Waals surface area contributed by atoms with Gasteiger partial charge >= 0.3 is 0 Å². The number of hydrogen-bond acceptors (Lipinski definition) is 4. The van der Waals surface area contributed by atoms with Gasteiger partial charge in [0.2, 0.25) is 0 Å². The highest BCUT2D eigenvalue weighted by atomic mass is 16.5. The molecule has 0 saturated carbocycles. The molecule has 1 unspecified atom stereocenters. The second kappa shape index (κ2) is 6.70. The third kappa shape index (κ3) is 3.60. The zero-order valence-corrected chi connectivity index (χ0v) is 12.5. The van der Waals surface area contributed by atoms with Crippen molar-refractivity contribution < 1.29 is 9.53 Å². The molecule has 2 rings (SSSR count). The maximum atomic E-state index is 12.5. The molecule has 1 amide bonds. The van der Waals surface area contributed by atoms with Crippen molar-refractivity contribution >= 4 is 5.91 Å². The maximum absolute atomic E-state index is 12.5. The van der Waals surface area contributed by atoms with Gasteiger partial charge in [-0.15, -0.1) is 0 Å². The van der Waals surface area contributed by atoms with E-state index >= 15 is 0 Å². The lowest BCUT2D eigenvalue weighted by atomic mass is 9.88. The largest absolute Gasteiger partial charge is 0.367 e. The van der Waals surface area contributed by atoms with Gasteiger partial charge in [0.15, 0.2) is 6.10 Å². The number of amides is 1. The molecule has 1 atom stereocenters. The Kier molecular flexibility index (Phi) is 4.94. The Bertz CT molecular complexity index is 516. The highest BCUT2D eigenvalue weighted by Crippen LogP contribution is 2.23. The maximum Gasteiger partial charge on any atom is 0.254 e. The molecule has 0 aromatic heterocycles. The van der Waals surface area contributed by atoms with Crippen molar-refractivity contribution in [2.45, 2.75) is 24.5 Å². The number of nitriles is 1. The fourth-order valence-corrected chi connectivity index (χ4v) is 2.59. The topological polar surface area (TPSA) is 65.4 Å². The van der Waals surface area contributed by atoms with Crippen molar-refractivity contribution in [3.05, 3.63) is 35.9 Å². The van der Waals surface area contributed by atoms with E-state index in [1.165, 1.54) is 7.11 Å². The van der Waals surface area contributed by atoms with Crippen LogP contribution in [0.1, 0.15) is 24.5 Å². The number of benzene rings is 1. The predicted molar refractivity (Wildman–Crippen MR) is 79.4 cm³/mol. The molecule has 5 heteroatoms. The molecule has 0 spiro atoms. The first-order valence-electron chi connectivity index (χ1n) is 7.10. The van der Waals surface area contributed by atoms with Crippen LogP contribution in [0, 0.1) is 11.3 Å². The molecular formula is C16H21N3O2. The van der Waals surface area contributed by atoms with Crippen LogP contribution in [-0.2, 0) is 9.53 Å². The number of ether oxygens (including phenoxy) is 1. The lowest BCUT2D eigenvalue weighted by Crippen LogP contribution is -2.55. The Morgan fingerprint density at radius 2 is 2.00 bits per heavy atom. The number of nitrogens with zero attached hydrogens (tertiary/aromatic N) is 2. The van der Waals surface area contributed by atoms with Crippen LogP contribution in [0.4, 0.5) is 0 Å². The van der Waals surface area contributed by atoms with Crippen molar-refractivity contribution in [1.29, 1.82) is 5.26 Å². The molecule has 1 saturated heterocycles. The van der Waals surface area contributed by atoms with E-state index in [-0.39, 0.29) is 5.91 Å². The molecule has 1 aromatic rings. The monoisotopic (exact) mass is 287 g/mol. The zero-order valence-electron chi connectivity index (χ0n) is 12.5. The van der Waals surface area contributed by atoms with Crippen molar-refractivity contribution in [3.8, 4) is 6.07 Å². The zero-order chi connectivity index (χ0) is 15.3. The van der Waals surface area contributed by atoms with Crippen LogP contribution in [0.2, 0.25) is 0 Å². The van der Waals surface area contributed by atoms with Gasteiger partial charge in [0, 0.05) is 20.2 Å².